The van der Waals surface area contributed by atoms with E-state index in [1.54, 1.807) is 7.11 Å². The van der Waals surface area contributed by atoms with Gasteiger partial charge in [0.2, 0.25) is 0 Å². The van der Waals surface area contributed by atoms with Crippen molar-refractivity contribution in [1.82, 2.24) is 4.98 Å². The van der Waals surface area contributed by atoms with Crippen molar-refractivity contribution in [2.24, 2.45) is 0 Å². The maximum atomic E-state index is 5.95. The number of allylic oxidation sites excluding steroid dienone is 2. The predicted molar refractivity (Wildman–Crippen MR) is 103 cm³/mol. The highest BCUT2D eigenvalue weighted by Gasteiger charge is 2.41. The molecule has 1 atom stereocenters. The summed E-state index contributed by atoms with van der Waals surface area (Å²) in [5.74, 6) is 1.09. The monoisotopic (exact) mass is 381 g/mol. The second-order valence-electron chi connectivity index (χ2n) is 6.60. The molecule has 1 aromatic heterocycles. The number of benzene rings is 2. The highest BCUT2D eigenvalue weighted by atomic mass is 79.9. The molecule has 1 N–H and O–H groups in total. The van der Waals surface area contributed by atoms with Crippen molar-refractivity contribution >= 4 is 32.4 Å². The second kappa shape index (κ2) is 5.82. The molecular weight excluding hydrogens is 362 g/mol. The Kier molecular flexibility index (Phi) is 3.76. The van der Waals surface area contributed by atoms with E-state index < -0.39 is 0 Å². The summed E-state index contributed by atoms with van der Waals surface area (Å²) in [5.41, 5.74) is 4.95. The Morgan fingerprint density at radius 1 is 1.12 bits per heavy atom. The van der Waals surface area contributed by atoms with E-state index in [1.807, 2.05) is 0 Å². The summed E-state index contributed by atoms with van der Waals surface area (Å²) in [4.78, 5) is 3.42. The van der Waals surface area contributed by atoms with Crippen molar-refractivity contribution in [2.75, 3.05) is 7.11 Å². The molecule has 0 fully saturated rings. The van der Waals surface area contributed by atoms with Crippen molar-refractivity contribution in [3.8, 4) is 0 Å². The first-order chi connectivity index (χ1) is 11.6. The van der Waals surface area contributed by atoms with Gasteiger partial charge in [0.15, 0.2) is 0 Å². The Labute approximate surface area is 150 Å². The molecule has 3 heteroatoms. The van der Waals surface area contributed by atoms with Crippen LogP contribution in [0.15, 0.2) is 65.0 Å². The Balaban J connectivity index is 1.90. The van der Waals surface area contributed by atoms with Crippen LogP contribution in [-0.2, 0) is 10.2 Å². The minimum absolute atomic E-state index is 0.112. The molecule has 4 rings (SSSR count). The van der Waals surface area contributed by atoms with E-state index >= 15 is 0 Å². The zero-order chi connectivity index (χ0) is 16.7. The molecule has 0 aliphatic heterocycles. The van der Waals surface area contributed by atoms with Crippen LogP contribution in [0.5, 0.6) is 0 Å². The van der Waals surface area contributed by atoms with Crippen molar-refractivity contribution in [3.63, 3.8) is 0 Å². The number of rotatable bonds is 3. The quantitative estimate of drug-likeness (QED) is 0.587. The molecule has 0 saturated carbocycles. The minimum Gasteiger partial charge on any atom is -0.500 e. The zero-order valence-corrected chi connectivity index (χ0v) is 15.5. The molecule has 0 saturated heterocycles. The number of fused-ring (bicyclic) bond motifs is 1. The van der Waals surface area contributed by atoms with E-state index in [4.69, 9.17) is 4.74 Å². The lowest BCUT2D eigenvalue weighted by Crippen LogP contribution is -2.22. The Hall–Kier alpha value is -2.00. The number of hydrogen-bond acceptors (Lipinski definition) is 1. The fraction of sp³-hybridized carbons (Fsp3) is 0.238. The first-order valence-corrected chi connectivity index (χ1v) is 9.03. The molecule has 24 heavy (non-hydrogen) atoms. The highest BCUT2D eigenvalue weighted by Crippen LogP contribution is 2.50. The van der Waals surface area contributed by atoms with Gasteiger partial charge in [0.25, 0.3) is 0 Å². The van der Waals surface area contributed by atoms with Gasteiger partial charge in [-0.3, -0.25) is 0 Å². The van der Waals surface area contributed by atoms with Crippen LogP contribution in [0.3, 0.4) is 0 Å². The van der Waals surface area contributed by atoms with Gasteiger partial charge in [-0.25, -0.2) is 0 Å². The number of halogens is 1. The van der Waals surface area contributed by atoms with E-state index in [0.29, 0.717) is 0 Å². The lowest BCUT2D eigenvalue weighted by atomic mass is 9.80. The van der Waals surface area contributed by atoms with E-state index in [9.17, 15) is 0 Å². The largest absolute Gasteiger partial charge is 0.500 e. The van der Waals surface area contributed by atoms with Crippen LogP contribution in [0, 0.1) is 0 Å². The molecule has 0 radical (unpaired) electrons. The Morgan fingerprint density at radius 3 is 2.67 bits per heavy atom. The molecule has 1 aliphatic rings. The van der Waals surface area contributed by atoms with Gasteiger partial charge in [0, 0.05) is 21.6 Å². The van der Waals surface area contributed by atoms with Crippen LogP contribution in [0.1, 0.15) is 30.9 Å². The summed E-state index contributed by atoms with van der Waals surface area (Å²) in [6.07, 6.45) is 4.23. The molecule has 2 nitrogen and oxygen atoms in total. The van der Waals surface area contributed by atoms with Crippen molar-refractivity contribution < 1.29 is 4.74 Å². The number of hydrogen-bond donors (Lipinski definition) is 1. The number of aromatic nitrogens is 1. The van der Waals surface area contributed by atoms with E-state index in [1.165, 1.54) is 22.1 Å². The summed E-state index contributed by atoms with van der Waals surface area (Å²) >= 11 is 3.60. The van der Waals surface area contributed by atoms with Gasteiger partial charge in [-0.1, -0.05) is 46.3 Å². The smallest absolute Gasteiger partial charge is 0.110 e. The fourth-order valence-corrected chi connectivity index (χ4v) is 4.37. The molecule has 1 unspecified atom stereocenters. The Morgan fingerprint density at radius 2 is 1.92 bits per heavy atom. The van der Waals surface area contributed by atoms with Crippen LogP contribution in [-0.4, -0.2) is 12.1 Å². The lowest BCUT2D eigenvalue weighted by molar-refractivity contribution is 0.236. The van der Waals surface area contributed by atoms with Crippen LogP contribution < -0.4 is 0 Å². The minimum atomic E-state index is -0.112. The predicted octanol–water partition coefficient (Wildman–Crippen LogP) is 6.04. The normalized spacial score (nSPS) is 20.8. The molecule has 1 aliphatic carbocycles. The van der Waals surface area contributed by atoms with Crippen LogP contribution in [0.4, 0.5) is 0 Å². The van der Waals surface area contributed by atoms with Gasteiger partial charge in [-0.2, -0.15) is 0 Å². The Bertz CT molecular complexity index is 925. The van der Waals surface area contributed by atoms with Crippen molar-refractivity contribution in [2.45, 2.75) is 25.2 Å². The van der Waals surface area contributed by atoms with Crippen molar-refractivity contribution in [3.05, 3.63) is 76.1 Å². The van der Waals surface area contributed by atoms with Crippen LogP contribution in [0.25, 0.3) is 16.5 Å². The van der Waals surface area contributed by atoms with Gasteiger partial charge >= 0.3 is 0 Å². The molecule has 3 aromatic rings. The third kappa shape index (κ3) is 2.30. The van der Waals surface area contributed by atoms with Crippen molar-refractivity contribution in [1.29, 1.82) is 0 Å². The molecule has 2 aromatic carbocycles. The fourth-order valence-electron chi connectivity index (χ4n) is 4.00. The maximum Gasteiger partial charge on any atom is 0.110 e. The number of methoxy groups -OCH3 is 1. The van der Waals surface area contributed by atoms with Gasteiger partial charge in [0.05, 0.1) is 12.5 Å². The first-order valence-electron chi connectivity index (χ1n) is 8.23. The maximum absolute atomic E-state index is 5.95. The third-order valence-electron chi connectivity index (χ3n) is 5.21. The van der Waals surface area contributed by atoms with Crippen LogP contribution >= 0.6 is 15.9 Å². The van der Waals surface area contributed by atoms with Gasteiger partial charge < -0.3 is 9.72 Å². The molecule has 0 amide bonds. The van der Waals surface area contributed by atoms with Gasteiger partial charge in [0.1, 0.15) is 5.76 Å². The zero-order valence-electron chi connectivity index (χ0n) is 13.9. The first kappa shape index (κ1) is 15.5. The standard InChI is InChI=1S/C21H20BrNO/c1-21(18-13-23-19-9-8-15(22)12-17(18)19)11-10-16(20(21)24-2)14-6-4-3-5-7-14/h3-9,12-13,23H,10-11H2,1-2H3. The van der Waals surface area contributed by atoms with E-state index in [-0.39, 0.29) is 5.41 Å². The number of nitrogens with one attached hydrogen (secondary N) is 1. The number of H-pyrrole nitrogens is 1. The summed E-state index contributed by atoms with van der Waals surface area (Å²) < 4.78 is 7.05. The number of ether oxygens (including phenoxy) is 1. The van der Waals surface area contributed by atoms with Gasteiger partial charge in [-0.15, -0.1) is 0 Å². The second-order valence-corrected chi connectivity index (χ2v) is 7.52. The summed E-state index contributed by atoms with van der Waals surface area (Å²) in [6.45, 7) is 2.30. The summed E-state index contributed by atoms with van der Waals surface area (Å²) in [5, 5.41) is 1.26. The topological polar surface area (TPSA) is 25.0 Å². The average molecular weight is 382 g/mol. The molecule has 1 heterocycles. The molecular formula is C21H20BrNO. The third-order valence-corrected chi connectivity index (χ3v) is 5.71. The summed E-state index contributed by atoms with van der Waals surface area (Å²) in [7, 11) is 1.80. The summed E-state index contributed by atoms with van der Waals surface area (Å²) in [6, 6.07) is 17.0. The van der Waals surface area contributed by atoms with E-state index in [2.05, 4.69) is 82.6 Å². The molecule has 122 valence electrons. The SMILES string of the molecule is COC1=C(c2ccccc2)CCC1(C)c1c[nH]c2ccc(Br)cc12. The van der Waals surface area contributed by atoms with Gasteiger partial charge in [-0.05, 0) is 54.7 Å². The lowest BCUT2D eigenvalue weighted by Gasteiger charge is -2.27. The van der Waals surface area contributed by atoms with Crippen LogP contribution in [0.2, 0.25) is 0 Å². The van der Waals surface area contributed by atoms with E-state index in [0.717, 1.165) is 28.6 Å². The highest BCUT2D eigenvalue weighted by molar-refractivity contribution is 9.10. The average Bonchev–Trinajstić information content (AvgIpc) is 3.17. The number of aromatic amines is 1. The molecule has 0 spiro atoms. The molecule has 0 bridgehead atoms.